The maximum Gasteiger partial charge on any atom is 0.226 e. The van der Waals surface area contributed by atoms with E-state index in [1.54, 1.807) is 0 Å². The van der Waals surface area contributed by atoms with Crippen molar-refractivity contribution in [1.82, 2.24) is 26.4 Å². The number of aliphatic hydroxyl groups excluding tert-OH is 1. The van der Waals surface area contributed by atoms with Crippen LogP contribution in [0.4, 0.5) is 0 Å². The Kier molecular flexibility index (Phi) is 10.6. The molecule has 2 amide bonds. The minimum Gasteiger partial charge on any atom is -0.390 e. The first-order valence-corrected chi connectivity index (χ1v) is 17.2. The highest BCUT2D eigenvalue weighted by molar-refractivity contribution is 5.82. The molecular weight excluding hydrogens is 550 g/mol. The highest BCUT2D eigenvalue weighted by Gasteiger charge is 2.46. The number of nitrogens with one attached hydrogen (secondary N) is 4. The summed E-state index contributed by atoms with van der Waals surface area (Å²) in [4.78, 5) is 28.9. The van der Waals surface area contributed by atoms with E-state index in [1.807, 2.05) is 6.92 Å². The third-order valence-corrected chi connectivity index (χ3v) is 11.5. The average Bonchev–Trinajstić information content (AvgIpc) is 3.55. The molecule has 4 saturated heterocycles. The molecule has 43 heavy (non-hydrogen) atoms. The van der Waals surface area contributed by atoms with Crippen molar-refractivity contribution >= 4 is 11.8 Å². The SMILES string of the molecule is CCOC1CC(C(=O)N2C3CCC2COC3)CCC1C(=O)NC[C@@H](O)[C@@H]1CC2CCC(OCC3NNCC3C)CC2CN1. The number of fused-ring (bicyclic) bond motifs is 3. The summed E-state index contributed by atoms with van der Waals surface area (Å²) < 4.78 is 18.0. The largest absolute Gasteiger partial charge is 0.390 e. The lowest BCUT2D eigenvalue weighted by Gasteiger charge is -2.44. The lowest BCUT2D eigenvalue weighted by atomic mass is 9.72. The van der Waals surface area contributed by atoms with Gasteiger partial charge in [0.05, 0.1) is 56.1 Å². The van der Waals surface area contributed by atoms with Gasteiger partial charge in [-0.15, -0.1) is 0 Å². The fourth-order valence-electron chi connectivity index (χ4n) is 8.81. The minimum atomic E-state index is -0.637. The van der Waals surface area contributed by atoms with Gasteiger partial charge in [-0.25, -0.2) is 0 Å². The summed E-state index contributed by atoms with van der Waals surface area (Å²) in [6.07, 6.45) is 7.55. The van der Waals surface area contributed by atoms with Gasteiger partial charge in [-0.2, -0.15) is 0 Å². The van der Waals surface area contributed by atoms with Gasteiger partial charge < -0.3 is 34.9 Å². The van der Waals surface area contributed by atoms with Gasteiger partial charge >= 0.3 is 0 Å². The number of amides is 2. The van der Waals surface area contributed by atoms with E-state index in [4.69, 9.17) is 14.2 Å². The highest BCUT2D eigenvalue weighted by atomic mass is 16.5. The van der Waals surface area contributed by atoms with Crippen molar-refractivity contribution in [3.05, 3.63) is 0 Å². The number of piperidine rings is 1. The second-order valence-electron chi connectivity index (χ2n) is 14.2. The van der Waals surface area contributed by atoms with Crippen LogP contribution in [0.2, 0.25) is 0 Å². The third kappa shape index (κ3) is 7.23. The molecule has 5 N–H and O–H groups in total. The van der Waals surface area contributed by atoms with Crippen molar-refractivity contribution < 1.29 is 28.9 Å². The van der Waals surface area contributed by atoms with Gasteiger partial charge in [-0.1, -0.05) is 6.92 Å². The molecule has 10 unspecified atom stereocenters. The van der Waals surface area contributed by atoms with E-state index in [9.17, 15) is 14.7 Å². The summed E-state index contributed by atoms with van der Waals surface area (Å²) in [6, 6.07) is 0.761. The Morgan fingerprint density at radius 3 is 2.56 bits per heavy atom. The second-order valence-corrected chi connectivity index (χ2v) is 14.2. The predicted molar refractivity (Wildman–Crippen MR) is 161 cm³/mol. The normalized spacial score (nSPS) is 41.9. The number of aliphatic hydroxyl groups is 1. The smallest absolute Gasteiger partial charge is 0.226 e. The number of hydrogen-bond donors (Lipinski definition) is 5. The van der Waals surface area contributed by atoms with E-state index < -0.39 is 6.10 Å². The Balaban J connectivity index is 0.936. The van der Waals surface area contributed by atoms with Gasteiger partial charge in [0, 0.05) is 37.7 Å². The molecule has 12 atom stereocenters. The fraction of sp³-hybridized carbons (Fsp3) is 0.938. The molecule has 0 aromatic carbocycles. The third-order valence-electron chi connectivity index (χ3n) is 11.5. The van der Waals surface area contributed by atoms with Crippen LogP contribution >= 0.6 is 0 Å². The number of rotatable bonds is 10. The molecule has 6 rings (SSSR count). The molecule has 0 aromatic rings. The van der Waals surface area contributed by atoms with E-state index in [2.05, 4.69) is 33.3 Å². The highest BCUT2D eigenvalue weighted by Crippen LogP contribution is 2.39. The van der Waals surface area contributed by atoms with Gasteiger partial charge in [0.2, 0.25) is 11.8 Å². The molecule has 2 aliphatic carbocycles. The molecule has 244 valence electrons. The Hall–Kier alpha value is -1.34. The first-order chi connectivity index (χ1) is 20.9. The van der Waals surface area contributed by atoms with Gasteiger partial charge in [0.15, 0.2) is 0 Å². The van der Waals surface area contributed by atoms with Crippen molar-refractivity contribution in [2.45, 2.75) is 114 Å². The van der Waals surface area contributed by atoms with E-state index in [0.29, 0.717) is 69.0 Å². The number of carbonyl (C=O) groups is 2. The van der Waals surface area contributed by atoms with Crippen LogP contribution in [0.25, 0.3) is 0 Å². The van der Waals surface area contributed by atoms with Crippen molar-refractivity contribution in [1.29, 1.82) is 0 Å². The molecule has 11 heteroatoms. The van der Waals surface area contributed by atoms with Crippen LogP contribution < -0.4 is 21.5 Å². The molecular formula is C32H55N5O6. The van der Waals surface area contributed by atoms with Crippen molar-refractivity contribution in [3.63, 3.8) is 0 Å². The fourth-order valence-corrected chi connectivity index (χ4v) is 8.81. The van der Waals surface area contributed by atoms with Gasteiger partial charge in [0.1, 0.15) is 0 Å². The summed E-state index contributed by atoms with van der Waals surface area (Å²) in [5.74, 6) is 1.48. The first kappa shape index (κ1) is 31.6. The molecule has 4 aliphatic heterocycles. The summed E-state index contributed by atoms with van der Waals surface area (Å²) >= 11 is 0. The summed E-state index contributed by atoms with van der Waals surface area (Å²) in [5, 5.41) is 17.7. The number of hydrogen-bond acceptors (Lipinski definition) is 9. The maximum atomic E-state index is 13.5. The van der Waals surface area contributed by atoms with E-state index >= 15 is 0 Å². The van der Waals surface area contributed by atoms with Gasteiger partial charge in [-0.05, 0) is 89.0 Å². The van der Waals surface area contributed by atoms with Crippen molar-refractivity contribution in [2.24, 2.45) is 29.6 Å². The van der Waals surface area contributed by atoms with E-state index in [0.717, 1.165) is 58.2 Å². The van der Waals surface area contributed by atoms with Crippen LogP contribution in [0.1, 0.15) is 71.6 Å². The summed E-state index contributed by atoms with van der Waals surface area (Å²) in [6.45, 7) is 8.83. The van der Waals surface area contributed by atoms with Crippen LogP contribution in [-0.4, -0.2) is 110 Å². The van der Waals surface area contributed by atoms with Gasteiger partial charge in [-0.3, -0.25) is 20.4 Å². The number of nitrogens with zero attached hydrogens (tertiary/aromatic N) is 1. The predicted octanol–water partition coefficient (Wildman–Crippen LogP) is 0.951. The Morgan fingerprint density at radius 1 is 1.00 bits per heavy atom. The van der Waals surface area contributed by atoms with Gasteiger partial charge in [0.25, 0.3) is 0 Å². The lowest BCUT2D eigenvalue weighted by molar-refractivity contribution is -0.152. The van der Waals surface area contributed by atoms with Crippen molar-refractivity contribution in [2.75, 3.05) is 46.1 Å². The van der Waals surface area contributed by atoms with E-state index in [-0.39, 0.29) is 54.4 Å². The number of carbonyl (C=O) groups excluding carboxylic acids is 2. The standard InChI is InChI=1S/C32H55N5O6/c1-3-42-30-12-21(32(40)37-23-6-7-24(37)17-41-16-23)5-9-26(30)31(39)34-15-29(38)27-11-20-4-8-25(10-22(20)14-33-27)43-18-28-19(2)13-35-36-28/h19-30,33,35-36,38H,3-18H2,1-2H3,(H,34,39)/t19?,20?,21?,22?,23?,24?,25?,26?,27-,28?,29+,30?/m0/s1. The molecule has 4 heterocycles. The first-order valence-electron chi connectivity index (χ1n) is 17.2. The number of morpholine rings is 1. The average molecular weight is 606 g/mol. The topological polar surface area (TPSA) is 133 Å². The zero-order valence-electron chi connectivity index (χ0n) is 26.2. The zero-order chi connectivity index (χ0) is 29.9. The quantitative estimate of drug-likeness (QED) is 0.247. The second kappa shape index (κ2) is 14.4. The number of hydrazine groups is 1. The number of ether oxygens (including phenoxy) is 3. The Bertz CT molecular complexity index is 941. The maximum absolute atomic E-state index is 13.5. The van der Waals surface area contributed by atoms with E-state index in [1.165, 1.54) is 0 Å². The summed E-state index contributed by atoms with van der Waals surface area (Å²) in [7, 11) is 0. The molecule has 0 spiro atoms. The minimum absolute atomic E-state index is 0.0198. The van der Waals surface area contributed by atoms with Crippen LogP contribution in [0, 0.1) is 29.6 Å². The van der Waals surface area contributed by atoms with Crippen LogP contribution in [0.15, 0.2) is 0 Å². The molecule has 2 bridgehead atoms. The summed E-state index contributed by atoms with van der Waals surface area (Å²) in [5.41, 5.74) is 6.54. The lowest BCUT2D eigenvalue weighted by Crippen LogP contribution is -2.55. The molecule has 0 radical (unpaired) electrons. The molecule has 6 fully saturated rings. The van der Waals surface area contributed by atoms with Crippen LogP contribution in [0.5, 0.6) is 0 Å². The monoisotopic (exact) mass is 605 g/mol. The Morgan fingerprint density at radius 2 is 1.81 bits per heavy atom. The van der Waals surface area contributed by atoms with Crippen LogP contribution in [0.3, 0.4) is 0 Å². The zero-order valence-corrected chi connectivity index (χ0v) is 26.2. The Labute approximate surface area is 256 Å². The van der Waals surface area contributed by atoms with Crippen LogP contribution in [-0.2, 0) is 23.8 Å². The molecule has 6 aliphatic rings. The molecule has 0 aromatic heterocycles. The molecule has 2 saturated carbocycles. The van der Waals surface area contributed by atoms with Crippen molar-refractivity contribution in [3.8, 4) is 0 Å². The molecule has 11 nitrogen and oxygen atoms in total.